The summed E-state index contributed by atoms with van der Waals surface area (Å²) in [5.74, 6) is 0.0851. The van der Waals surface area contributed by atoms with Gasteiger partial charge in [-0.15, -0.1) is 0 Å². The molecule has 0 aliphatic heterocycles. The van der Waals surface area contributed by atoms with Crippen molar-refractivity contribution in [3.05, 3.63) is 35.6 Å². The van der Waals surface area contributed by atoms with Crippen molar-refractivity contribution in [1.82, 2.24) is 0 Å². The van der Waals surface area contributed by atoms with Crippen molar-refractivity contribution in [1.29, 1.82) is 0 Å². The molecule has 1 radical (unpaired) electrons. The molecule has 1 rings (SSSR count). The van der Waals surface area contributed by atoms with Crippen LogP contribution >= 0.6 is 0 Å². The summed E-state index contributed by atoms with van der Waals surface area (Å²) < 4.78 is 12.5. The SMILES string of the molecule is CC(C)c1[c]c(F)ccc1. The van der Waals surface area contributed by atoms with Gasteiger partial charge in [0.1, 0.15) is 5.82 Å². The average molecular weight is 137 g/mol. The molecule has 0 aromatic heterocycles. The molecule has 0 N–H and O–H groups in total. The number of benzene rings is 1. The van der Waals surface area contributed by atoms with E-state index in [2.05, 4.69) is 6.07 Å². The van der Waals surface area contributed by atoms with Crippen molar-refractivity contribution in [2.75, 3.05) is 0 Å². The van der Waals surface area contributed by atoms with Crippen molar-refractivity contribution in [2.45, 2.75) is 19.8 Å². The molecule has 0 bridgehead atoms. The van der Waals surface area contributed by atoms with Crippen molar-refractivity contribution in [2.24, 2.45) is 0 Å². The van der Waals surface area contributed by atoms with Gasteiger partial charge >= 0.3 is 0 Å². The van der Waals surface area contributed by atoms with Gasteiger partial charge in [0.05, 0.1) is 0 Å². The van der Waals surface area contributed by atoms with Gasteiger partial charge in [0.2, 0.25) is 0 Å². The lowest BCUT2D eigenvalue weighted by Crippen LogP contribution is -1.87. The van der Waals surface area contributed by atoms with Crippen molar-refractivity contribution in [3.63, 3.8) is 0 Å². The molecule has 0 atom stereocenters. The van der Waals surface area contributed by atoms with Gasteiger partial charge in [0.15, 0.2) is 0 Å². The molecule has 0 heterocycles. The Bertz CT molecular complexity index is 216. The van der Waals surface area contributed by atoms with E-state index in [1.807, 2.05) is 19.9 Å². The smallest absolute Gasteiger partial charge is 0.131 e. The number of halogens is 1. The molecule has 53 valence electrons. The molecule has 1 aromatic carbocycles. The third-order valence-corrected chi connectivity index (χ3v) is 1.40. The lowest BCUT2D eigenvalue weighted by Gasteiger charge is -2.02. The Balaban J connectivity index is 2.96. The molecule has 1 heteroatoms. The number of hydrogen-bond acceptors (Lipinski definition) is 0. The maximum Gasteiger partial charge on any atom is 0.131 e. The van der Waals surface area contributed by atoms with Crippen molar-refractivity contribution >= 4 is 0 Å². The van der Waals surface area contributed by atoms with E-state index in [0.29, 0.717) is 5.92 Å². The maximum atomic E-state index is 12.5. The Labute approximate surface area is 60.7 Å². The van der Waals surface area contributed by atoms with E-state index in [4.69, 9.17) is 0 Å². The van der Waals surface area contributed by atoms with Gasteiger partial charge in [-0.1, -0.05) is 26.0 Å². The predicted octanol–water partition coefficient (Wildman–Crippen LogP) is 2.75. The summed E-state index contributed by atoms with van der Waals surface area (Å²) in [7, 11) is 0. The van der Waals surface area contributed by atoms with E-state index in [1.54, 1.807) is 6.07 Å². The highest BCUT2D eigenvalue weighted by Crippen LogP contribution is 2.13. The third-order valence-electron chi connectivity index (χ3n) is 1.40. The van der Waals surface area contributed by atoms with Crippen LogP contribution in [0.4, 0.5) is 4.39 Å². The molecular formula is C9H10F. The Morgan fingerprint density at radius 1 is 1.40 bits per heavy atom. The number of rotatable bonds is 1. The first kappa shape index (κ1) is 7.26. The zero-order valence-electron chi connectivity index (χ0n) is 6.19. The van der Waals surface area contributed by atoms with Crippen LogP contribution in [0.15, 0.2) is 18.2 Å². The van der Waals surface area contributed by atoms with Crippen LogP contribution in [0.3, 0.4) is 0 Å². The second kappa shape index (κ2) is 2.82. The van der Waals surface area contributed by atoms with E-state index in [1.165, 1.54) is 6.07 Å². The minimum Gasteiger partial charge on any atom is -0.206 e. The highest BCUT2D eigenvalue weighted by atomic mass is 19.1. The average Bonchev–Trinajstić information content (AvgIpc) is 1.88. The van der Waals surface area contributed by atoms with E-state index >= 15 is 0 Å². The fourth-order valence-corrected chi connectivity index (χ4v) is 0.794. The summed E-state index contributed by atoms with van der Waals surface area (Å²) in [6.45, 7) is 4.04. The van der Waals surface area contributed by atoms with Crippen molar-refractivity contribution in [3.8, 4) is 0 Å². The first-order valence-electron chi connectivity index (χ1n) is 3.38. The monoisotopic (exact) mass is 137 g/mol. The fourth-order valence-electron chi connectivity index (χ4n) is 0.794. The van der Waals surface area contributed by atoms with E-state index in [9.17, 15) is 4.39 Å². The molecule has 0 saturated heterocycles. The molecular weight excluding hydrogens is 127 g/mol. The van der Waals surface area contributed by atoms with Crippen LogP contribution in [0.1, 0.15) is 25.3 Å². The van der Waals surface area contributed by atoms with Crippen LogP contribution in [-0.4, -0.2) is 0 Å². The van der Waals surface area contributed by atoms with Crippen LogP contribution in [0.2, 0.25) is 0 Å². The van der Waals surface area contributed by atoms with Gasteiger partial charge in [-0.05, 0) is 17.5 Å². The summed E-state index contributed by atoms with van der Waals surface area (Å²) >= 11 is 0. The lowest BCUT2D eigenvalue weighted by molar-refractivity contribution is 0.620. The van der Waals surface area contributed by atoms with Gasteiger partial charge in [0.25, 0.3) is 0 Å². The highest BCUT2D eigenvalue weighted by molar-refractivity contribution is 5.17. The Morgan fingerprint density at radius 3 is 2.50 bits per heavy atom. The minimum absolute atomic E-state index is 0.272. The minimum atomic E-state index is -0.272. The zero-order chi connectivity index (χ0) is 7.56. The molecule has 0 fully saturated rings. The lowest BCUT2D eigenvalue weighted by atomic mass is 10.0. The molecule has 0 saturated carbocycles. The summed E-state index contributed by atoms with van der Waals surface area (Å²) in [6.07, 6.45) is 0. The zero-order valence-corrected chi connectivity index (χ0v) is 6.19. The van der Waals surface area contributed by atoms with Gasteiger partial charge in [0, 0.05) is 6.07 Å². The molecule has 1 aromatic rings. The van der Waals surface area contributed by atoms with Gasteiger partial charge < -0.3 is 0 Å². The molecule has 0 aliphatic carbocycles. The van der Waals surface area contributed by atoms with E-state index < -0.39 is 0 Å². The first-order chi connectivity index (χ1) is 4.70. The normalized spacial score (nSPS) is 10.4. The van der Waals surface area contributed by atoms with Crippen LogP contribution in [0.25, 0.3) is 0 Å². The molecule has 0 nitrogen and oxygen atoms in total. The molecule has 0 aliphatic rings. The summed E-state index contributed by atoms with van der Waals surface area (Å²) in [5.41, 5.74) is 0.931. The van der Waals surface area contributed by atoms with Crippen LogP contribution < -0.4 is 0 Å². The number of hydrogen-bond donors (Lipinski definition) is 0. The summed E-state index contributed by atoms with van der Waals surface area (Å²) in [4.78, 5) is 0. The molecule has 0 spiro atoms. The standard InChI is InChI=1S/C9H10F/c1-7(2)8-4-3-5-9(10)6-8/h3-5,7H,1-2H3. The predicted molar refractivity (Wildman–Crippen MR) is 39.3 cm³/mol. The second-order valence-corrected chi connectivity index (χ2v) is 2.61. The van der Waals surface area contributed by atoms with Crippen molar-refractivity contribution < 1.29 is 4.39 Å². The van der Waals surface area contributed by atoms with E-state index in [-0.39, 0.29) is 5.82 Å². The Hall–Kier alpha value is -0.850. The van der Waals surface area contributed by atoms with Gasteiger partial charge in [-0.3, -0.25) is 0 Å². The summed E-state index contributed by atoms with van der Waals surface area (Å²) in [6, 6.07) is 7.64. The fraction of sp³-hybridized carbons (Fsp3) is 0.333. The Morgan fingerprint density at radius 2 is 2.10 bits per heavy atom. The third kappa shape index (κ3) is 1.56. The molecule has 10 heavy (non-hydrogen) atoms. The molecule has 0 unspecified atom stereocenters. The van der Waals surface area contributed by atoms with Crippen LogP contribution in [0, 0.1) is 11.9 Å². The first-order valence-corrected chi connectivity index (χ1v) is 3.38. The van der Waals surface area contributed by atoms with Gasteiger partial charge in [-0.25, -0.2) is 4.39 Å². The largest absolute Gasteiger partial charge is 0.206 e. The van der Waals surface area contributed by atoms with Crippen LogP contribution in [-0.2, 0) is 0 Å². The summed E-state index contributed by atoms with van der Waals surface area (Å²) in [5, 5.41) is 0. The quantitative estimate of drug-likeness (QED) is 0.558. The highest BCUT2D eigenvalue weighted by Gasteiger charge is 1.98. The van der Waals surface area contributed by atoms with Gasteiger partial charge in [-0.2, -0.15) is 0 Å². The second-order valence-electron chi connectivity index (χ2n) is 2.61. The van der Waals surface area contributed by atoms with Crippen LogP contribution in [0.5, 0.6) is 0 Å². The Kier molecular flexibility index (Phi) is 2.05. The maximum absolute atomic E-state index is 12.5. The topological polar surface area (TPSA) is 0 Å². The van der Waals surface area contributed by atoms with E-state index in [0.717, 1.165) is 5.56 Å². The molecule has 0 amide bonds.